The highest BCUT2D eigenvalue weighted by molar-refractivity contribution is 5.79. The minimum atomic E-state index is -0.942. The van der Waals surface area contributed by atoms with E-state index in [9.17, 15) is 18.4 Å². The lowest BCUT2D eigenvalue weighted by Crippen LogP contribution is -2.50. The van der Waals surface area contributed by atoms with Crippen molar-refractivity contribution in [3.05, 3.63) is 35.4 Å². The van der Waals surface area contributed by atoms with Gasteiger partial charge in [-0.2, -0.15) is 0 Å². The molecule has 1 saturated heterocycles. The van der Waals surface area contributed by atoms with Crippen LogP contribution in [0.25, 0.3) is 0 Å². The Bertz CT molecular complexity index is 612. The van der Waals surface area contributed by atoms with Gasteiger partial charge in [-0.15, -0.1) is 0 Å². The lowest BCUT2D eigenvalue weighted by molar-refractivity contribution is -0.142. The van der Waals surface area contributed by atoms with Crippen LogP contribution in [0.2, 0.25) is 0 Å². The fourth-order valence-corrected chi connectivity index (χ4v) is 2.65. The lowest BCUT2D eigenvalue weighted by Gasteiger charge is -2.34. The smallest absolute Gasteiger partial charge is 0.317 e. The van der Waals surface area contributed by atoms with Crippen LogP contribution in [-0.2, 0) is 20.7 Å². The van der Waals surface area contributed by atoms with Gasteiger partial charge in [0.2, 0.25) is 5.91 Å². The van der Waals surface area contributed by atoms with Gasteiger partial charge in [0.15, 0.2) is 0 Å². The standard InChI is InChI=1S/C16H20F2N2O4/c1-19(10-16(22)23)8-13-9-20(4-5-24-13)15(21)7-11-6-12(17)2-3-14(11)18/h2-3,6,13H,4-5,7-10H2,1H3,(H,22,23). The average Bonchev–Trinajstić information content (AvgIpc) is 2.50. The molecule has 0 bridgehead atoms. The number of halogens is 2. The Labute approximate surface area is 138 Å². The molecule has 24 heavy (non-hydrogen) atoms. The molecule has 0 aromatic heterocycles. The number of hydrogen-bond donors (Lipinski definition) is 1. The second kappa shape index (κ2) is 8.16. The molecule has 0 radical (unpaired) electrons. The first-order valence-electron chi connectivity index (χ1n) is 7.59. The SMILES string of the molecule is CN(CC(=O)O)CC1CN(C(=O)Cc2cc(F)ccc2F)CCO1. The van der Waals surface area contributed by atoms with Crippen LogP contribution in [0.3, 0.4) is 0 Å². The van der Waals surface area contributed by atoms with Crippen molar-refractivity contribution in [2.75, 3.05) is 39.8 Å². The van der Waals surface area contributed by atoms with E-state index in [1.165, 1.54) is 4.90 Å². The van der Waals surface area contributed by atoms with E-state index in [1.807, 2.05) is 0 Å². The number of carbonyl (C=O) groups excluding carboxylic acids is 1. The number of morpholine rings is 1. The number of hydrogen-bond acceptors (Lipinski definition) is 4. The molecule has 6 nitrogen and oxygen atoms in total. The van der Waals surface area contributed by atoms with Crippen LogP contribution in [0.15, 0.2) is 18.2 Å². The highest BCUT2D eigenvalue weighted by Crippen LogP contribution is 2.14. The molecular formula is C16H20F2N2O4. The molecule has 1 amide bonds. The normalized spacial score (nSPS) is 18.0. The molecule has 8 heteroatoms. The van der Waals surface area contributed by atoms with Crippen molar-refractivity contribution in [1.29, 1.82) is 0 Å². The van der Waals surface area contributed by atoms with Crippen molar-refractivity contribution >= 4 is 11.9 Å². The van der Waals surface area contributed by atoms with E-state index in [0.29, 0.717) is 26.2 Å². The molecule has 1 aromatic carbocycles. The Morgan fingerprint density at radius 1 is 1.42 bits per heavy atom. The van der Waals surface area contributed by atoms with Crippen molar-refractivity contribution in [3.63, 3.8) is 0 Å². The molecule has 1 aromatic rings. The summed E-state index contributed by atoms with van der Waals surface area (Å²) in [6, 6.07) is 3.03. The van der Waals surface area contributed by atoms with Crippen LogP contribution in [0.5, 0.6) is 0 Å². The van der Waals surface area contributed by atoms with E-state index < -0.39 is 17.6 Å². The summed E-state index contributed by atoms with van der Waals surface area (Å²) >= 11 is 0. The molecule has 0 saturated carbocycles. The van der Waals surface area contributed by atoms with Crippen LogP contribution in [0.4, 0.5) is 8.78 Å². The monoisotopic (exact) mass is 342 g/mol. The summed E-state index contributed by atoms with van der Waals surface area (Å²) in [6.45, 7) is 1.23. The molecule has 1 atom stereocenters. The minimum Gasteiger partial charge on any atom is -0.480 e. The van der Waals surface area contributed by atoms with Crippen LogP contribution in [-0.4, -0.2) is 72.7 Å². The fraction of sp³-hybridized carbons (Fsp3) is 0.500. The summed E-state index contributed by atoms with van der Waals surface area (Å²) in [4.78, 5) is 26.1. The number of carboxylic acids is 1. The number of nitrogens with zero attached hydrogens (tertiary/aromatic N) is 2. The summed E-state index contributed by atoms with van der Waals surface area (Å²) < 4.78 is 32.4. The molecule has 132 valence electrons. The van der Waals surface area contributed by atoms with Gasteiger partial charge < -0.3 is 14.7 Å². The number of amides is 1. The maximum atomic E-state index is 13.6. The first-order valence-corrected chi connectivity index (χ1v) is 7.59. The maximum Gasteiger partial charge on any atom is 0.317 e. The second-order valence-corrected chi connectivity index (χ2v) is 5.84. The predicted molar refractivity (Wildman–Crippen MR) is 81.5 cm³/mol. The van der Waals surface area contributed by atoms with Gasteiger partial charge in [-0.1, -0.05) is 0 Å². The predicted octanol–water partition coefficient (Wildman–Crippen LogP) is 0.751. The van der Waals surface area contributed by atoms with Gasteiger partial charge in [-0.3, -0.25) is 14.5 Å². The summed E-state index contributed by atoms with van der Waals surface area (Å²) in [5, 5.41) is 8.75. The van der Waals surface area contributed by atoms with E-state index in [1.54, 1.807) is 11.9 Å². The lowest BCUT2D eigenvalue weighted by atomic mass is 10.1. The van der Waals surface area contributed by atoms with Crippen molar-refractivity contribution in [3.8, 4) is 0 Å². The highest BCUT2D eigenvalue weighted by Gasteiger charge is 2.26. The fourth-order valence-electron chi connectivity index (χ4n) is 2.65. The van der Waals surface area contributed by atoms with E-state index >= 15 is 0 Å². The van der Waals surface area contributed by atoms with Crippen molar-refractivity contribution in [1.82, 2.24) is 9.80 Å². The first-order chi connectivity index (χ1) is 11.3. The third kappa shape index (κ3) is 5.24. The molecule has 1 aliphatic heterocycles. The van der Waals surface area contributed by atoms with Crippen LogP contribution < -0.4 is 0 Å². The van der Waals surface area contributed by atoms with E-state index in [-0.39, 0.29) is 30.5 Å². The minimum absolute atomic E-state index is 0.0195. The Morgan fingerprint density at radius 3 is 2.88 bits per heavy atom. The van der Waals surface area contributed by atoms with Crippen molar-refractivity contribution in [2.45, 2.75) is 12.5 Å². The second-order valence-electron chi connectivity index (χ2n) is 5.84. The Kier molecular flexibility index (Phi) is 6.22. The quantitative estimate of drug-likeness (QED) is 0.826. The number of carboxylic acid groups (broad SMARTS) is 1. The zero-order valence-corrected chi connectivity index (χ0v) is 13.4. The number of benzene rings is 1. The number of ether oxygens (including phenoxy) is 1. The topological polar surface area (TPSA) is 70.1 Å². The van der Waals surface area contributed by atoms with Crippen LogP contribution in [0, 0.1) is 11.6 Å². The molecule has 0 spiro atoms. The van der Waals surface area contributed by atoms with E-state index in [4.69, 9.17) is 9.84 Å². The number of carbonyl (C=O) groups is 2. The molecule has 1 heterocycles. The van der Waals surface area contributed by atoms with E-state index in [0.717, 1.165) is 18.2 Å². The van der Waals surface area contributed by atoms with E-state index in [2.05, 4.69) is 0 Å². The maximum absolute atomic E-state index is 13.6. The molecule has 2 rings (SSSR count). The largest absolute Gasteiger partial charge is 0.480 e. The Morgan fingerprint density at radius 2 is 2.17 bits per heavy atom. The van der Waals surface area contributed by atoms with Crippen molar-refractivity contribution < 1.29 is 28.2 Å². The van der Waals surface area contributed by atoms with Gasteiger partial charge in [-0.25, -0.2) is 8.78 Å². The molecule has 1 N–H and O–H groups in total. The van der Waals surface area contributed by atoms with Gasteiger partial charge in [0.05, 0.1) is 25.7 Å². The van der Waals surface area contributed by atoms with Gasteiger partial charge in [-0.05, 0) is 25.2 Å². The number of rotatable bonds is 6. The average molecular weight is 342 g/mol. The van der Waals surface area contributed by atoms with Gasteiger partial charge >= 0.3 is 5.97 Å². The van der Waals surface area contributed by atoms with Gasteiger partial charge in [0.25, 0.3) is 0 Å². The summed E-state index contributed by atoms with van der Waals surface area (Å²) in [7, 11) is 1.65. The molecular weight excluding hydrogens is 322 g/mol. The number of aliphatic carboxylic acids is 1. The molecule has 0 aliphatic carbocycles. The van der Waals surface area contributed by atoms with Gasteiger partial charge in [0, 0.05) is 25.2 Å². The Hall–Kier alpha value is -2.06. The third-order valence-corrected chi connectivity index (χ3v) is 3.76. The molecule has 1 unspecified atom stereocenters. The van der Waals surface area contributed by atoms with Crippen molar-refractivity contribution in [2.24, 2.45) is 0 Å². The zero-order valence-electron chi connectivity index (χ0n) is 13.4. The summed E-state index contributed by atoms with van der Waals surface area (Å²) in [5.74, 6) is -2.46. The first kappa shape index (κ1) is 18.3. The van der Waals surface area contributed by atoms with Crippen LogP contribution in [0.1, 0.15) is 5.56 Å². The summed E-state index contributed by atoms with van der Waals surface area (Å²) in [6.07, 6.45) is -0.536. The highest BCUT2D eigenvalue weighted by atomic mass is 19.1. The Balaban J connectivity index is 1.92. The zero-order chi connectivity index (χ0) is 17.7. The van der Waals surface area contributed by atoms with Gasteiger partial charge in [0.1, 0.15) is 11.6 Å². The van der Waals surface area contributed by atoms with Crippen LogP contribution >= 0.6 is 0 Å². The molecule has 1 fully saturated rings. The number of likely N-dealkylation sites (N-methyl/N-ethyl adjacent to an activating group) is 1. The molecule has 1 aliphatic rings. The summed E-state index contributed by atoms with van der Waals surface area (Å²) in [5.41, 5.74) is 0.0195. The third-order valence-electron chi connectivity index (χ3n) is 3.76.